The molecule has 0 bridgehead atoms. The first kappa shape index (κ1) is 22.6. The quantitative estimate of drug-likeness (QED) is 0.500. The normalized spacial score (nSPS) is 22.4. The van der Waals surface area contributed by atoms with Crippen molar-refractivity contribution in [2.45, 2.75) is 57.9 Å². The number of nitrogens with zero attached hydrogens (tertiary/aromatic N) is 3. The largest absolute Gasteiger partial charge is 0.357 e. The molecule has 0 radical (unpaired) electrons. The van der Waals surface area contributed by atoms with Crippen LogP contribution < -0.4 is 10.6 Å². The van der Waals surface area contributed by atoms with E-state index in [-0.39, 0.29) is 5.54 Å². The van der Waals surface area contributed by atoms with Crippen LogP contribution in [0.2, 0.25) is 0 Å². The van der Waals surface area contributed by atoms with E-state index in [9.17, 15) is 0 Å². The highest BCUT2D eigenvalue weighted by Crippen LogP contribution is 2.31. The zero-order valence-corrected chi connectivity index (χ0v) is 19.6. The lowest BCUT2D eigenvalue weighted by Gasteiger charge is -2.49. The van der Waals surface area contributed by atoms with Gasteiger partial charge < -0.3 is 15.5 Å². The number of likely N-dealkylation sites (tertiary alicyclic amines) is 2. The van der Waals surface area contributed by atoms with Crippen LogP contribution in [0.15, 0.2) is 22.5 Å². The molecule has 2 N–H and O–H groups in total. The molecule has 6 heteroatoms. The molecular weight excluding hydrogens is 378 g/mol. The summed E-state index contributed by atoms with van der Waals surface area (Å²) in [6.07, 6.45) is 7.69. The van der Waals surface area contributed by atoms with Gasteiger partial charge in [0.1, 0.15) is 0 Å². The topological polar surface area (TPSA) is 42.9 Å². The summed E-state index contributed by atoms with van der Waals surface area (Å²) in [7, 11) is 2.25. The van der Waals surface area contributed by atoms with Gasteiger partial charge in [-0.3, -0.25) is 9.89 Å². The fourth-order valence-corrected chi connectivity index (χ4v) is 5.53. The summed E-state index contributed by atoms with van der Waals surface area (Å²) in [5.74, 6) is 1.58. The van der Waals surface area contributed by atoms with Gasteiger partial charge in [0.05, 0.1) is 6.54 Å². The van der Waals surface area contributed by atoms with Crippen LogP contribution in [0.4, 0.5) is 0 Å². The first-order valence-corrected chi connectivity index (χ1v) is 12.5. The lowest BCUT2D eigenvalue weighted by molar-refractivity contribution is 0.0208. The Kier molecular flexibility index (Phi) is 8.82. The van der Waals surface area contributed by atoms with Gasteiger partial charge >= 0.3 is 0 Å². The molecule has 0 spiro atoms. The Morgan fingerprint density at radius 1 is 1.17 bits per heavy atom. The van der Waals surface area contributed by atoms with Crippen LogP contribution in [-0.2, 0) is 6.42 Å². The molecule has 3 heterocycles. The van der Waals surface area contributed by atoms with Crippen LogP contribution in [0.25, 0.3) is 0 Å². The lowest BCUT2D eigenvalue weighted by atomic mass is 9.84. The smallest absolute Gasteiger partial charge is 0.191 e. The van der Waals surface area contributed by atoms with E-state index in [2.05, 4.69) is 58.8 Å². The second-order valence-electron chi connectivity index (χ2n) is 9.04. The summed E-state index contributed by atoms with van der Waals surface area (Å²) in [4.78, 5) is 11.8. The van der Waals surface area contributed by atoms with Gasteiger partial charge in [0, 0.05) is 23.5 Å². The highest BCUT2D eigenvalue weighted by atomic mass is 32.1. The standard InChI is InChI=1S/C23H41N5S/c1-4-24-22(25-18-20(2)17-21-9-8-16-29-21)26-19-23(10-14-27(3)15-11-23)28-12-6-5-7-13-28/h8-9,16,20H,4-7,10-15,17-19H2,1-3H3,(H2,24,25,26). The average molecular weight is 420 g/mol. The minimum absolute atomic E-state index is 0.248. The molecule has 164 valence electrons. The van der Waals surface area contributed by atoms with Crippen molar-refractivity contribution in [3.05, 3.63) is 22.4 Å². The third-order valence-corrected chi connectivity index (χ3v) is 7.47. The molecule has 1 aromatic heterocycles. The van der Waals surface area contributed by atoms with Crippen molar-refractivity contribution in [3.63, 3.8) is 0 Å². The maximum atomic E-state index is 5.12. The number of aliphatic imine (C=N–C) groups is 1. The van der Waals surface area contributed by atoms with Crippen molar-refractivity contribution >= 4 is 17.3 Å². The Labute approximate surface area is 182 Å². The highest BCUT2D eigenvalue weighted by molar-refractivity contribution is 7.09. The van der Waals surface area contributed by atoms with E-state index in [1.807, 2.05) is 11.3 Å². The number of guanidine groups is 1. The van der Waals surface area contributed by atoms with Crippen molar-refractivity contribution in [2.75, 3.05) is 52.9 Å². The van der Waals surface area contributed by atoms with E-state index < -0.39 is 0 Å². The molecule has 0 amide bonds. The number of nitrogens with one attached hydrogen (secondary N) is 2. The molecule has 29 heavy (non-hydrogen) atoms. The summed E-state index contributed by atoms with van der Waals surface area (Å²) >= 11 is 1.86. The minimum atomic E-state index is 0.248. The van der Waals surface area contributed by atoms with Gasteiger partial charge in [-0.25, -0.2) is 0 Å². The summed E-state index contributed by atoms with van der Waals surface area (Å²) < 4.78 is 0. The molecule has 2 aliphatic rings. The van der Waals surface area contributed by atoms with Crippen molar-refractivity contribution in [1.82, 2.24) is 20.4 Å². The van der Waals surface area contributed by atoms with E-state index >= 15 is 0 Å². The van der Waals surface area contributed by atoms with E-state index in [1.165, 1.54) is 63.2 Å². The molecule has 3 rings (SSSR count). The molecule has 1 aromatic rings. The summed E-state index contributed by atoms with van der Waals surface area (Å²) in [6, 6.07) is 4.39. The van der Waals surface area contributed by atoms with Crippen molar-refractivity contribution in [3.8, 4) is 0 Å². The van der Waals surface area contributed by atoms with Gasteiger partial charge in [0.2, 0.25) is 0 Å². The van der Waals surface area contributed by atoms with Gasteiger partial charge in [-0.15, -0.1) is 11.3 Å². The monoisotopic (exact) mass is 419 g/mol. The molecule has 0 aliphatic carbocycles. The zero-order chi connectivity index (χ0) is 20.5. The average Bonchev–Trinajstić information content (AvgIpc) is 3.25. The first-order chi connectivity index (χ1) is 14.1. The van der Waals surface area contributed by atoms with Crippen LogP contribution in [0.3, 0.4) is 0 Å². The Balaban J connectivity index is 1.60. The van der Waals surface area contributed by atoms with Gasteiger partial charge in [-0.2, -0.15) is 0 Å². The van der Waals surface area contributed by atoms with E-state index in [1.54, 1.807) is 0 Å². The number of rotatable bonds is 8. The Morgan fingerprint density at radius 3 is 2.59 bits per heavy atom. The third-order valence-electron chi connectivity index (χ3n) is 6.57. The predicted molar refractivity (Wildman–Crippen MR) is 126 cm³/mol. The van der Waals surface area contributed by atoms with Gasteiger partial charge in [-0.1, -0.05) is 19.4 Å². The fraction of sp³-hybridized carbons (Fsp3) is 0.783. The summed E-state index contributed by atoms with van der Waals surface area (Å²) in [5.41, 5.74) is 0.248. The molecule has 2 aliphatic heterocycles. The van der Waals surface area contributed by atoms with Crippen LogP contribution in [0, 0.1) is 5.92 Å². The Hall–Kier alpha value is -1.11. The molecule has 1 unspecified atom stereocenters. The van der Waals surface area contributed by atoms with Crippen LogP contribution in [-0.4, -0.2) is 74.2 Å². The molecule has 0 saturated carbocycles. The van der Waals surface area contributed by atoms with Crippen LogP contribution >= 0.6 is 11.3 Å². The number of hydrogen-bond donors (Lipinski definition) is 2. The van der Waals surface area contributed by atoms with Crippen molar-refractivity contribution in [1.29, 1.82) is 0 Å². The van der Waals surface area contributed by atoms with E-state index in [0.717, 1.165) is 32.0 Å². The first-order valence-electron chi connectivity index (χ1n) is 11.6. The lowest BCUT2D eigenvalue weighted by Crippen LogP contribution is -2.58. The molecule has 2 saturated heterocycles. The zero-order valence-electron chi connectivity index (χ0n) is 18.8. The molecular formula is C23H41N5S. The third kappa shape index (κ3) is 6.69. The molecule has 2 fully saturated rings. The maximum absolute atomic E-state index is 5.12. The number of hydrogen-bond acceptors (Lipinski definition) is 4. The number of thiophene rings is 1. The van der Waals surface area contributed by atoms with E-state index in [4.69, 9.17) is 4.99 Å². The summed E-state index contributed by atoms with van der Waals surface area (Å²) in [6.45, 7) is 12.1. The molecule has 5 nitrogen and oxygen atoms in total. The molecule has 0 aromatic carbocycles. The van der Waals surface area contributed by atoms with Crippen molar-refractivity contribution < 1.29 is 0 Å². The van der Waals surface area contributed by atoms with Crippen LogP contribution in [0.5, 0.6) is 0 Å². The summed E-state index contributed by atoms with van der Waals surface area (Å²) in [5, 5.41) is 9.26. The highest BCUT2D eigenvalue weighted by Gasteiger charge is 2.39. The second kappa shape index (κ2) is 11.3. The molecule has 1 atom stereocenters. The van der Waals surface area contributed by atoms with E-state index in [0.29, 0.717) is 5.92 Å². The Morgan fingerprint density at radius 2 is 1.93 bits per heavy atom. The van der Waals surface area contributed by atoms with Gasteiger partial charge in [-0.05, 0) is 89.6 Å². The number of piperidine rings is 2. The minimum Gasteiger partial charge on any atom is -0.357 e. The Bertz CT molecular complexity index is 601. The van der Waals surface area contributed by atoms with Gasteiger partial charge in [0.25, 0.3) is 0 Å². The second-order valence-corrected chi connectivity index (χ2v) is 10.1. The SMILES string of the molecule is CCNC(=NCC1(N2CCCCC2)CCN(C)CC1)NCC(C)Cc1cccs1. The van der Waals surface area contributed by atoms with Gasteiger partial charge in [0.15, 0.2) is 5.96 Å². The fourth-order valence-electron chi connectivity index (χ4n) is 4.66. The van der Waals surface area contributed by atoms with Crippen molar-refractivity contribution in [2.24, 2.45) is 10.9 Å². The van der Waals surface area contributed by atoms with Crippen LogP contribution in [0.1, 0.15) is 50.8 Å². The predicted octanol–water partition coefficient (Wildman–Crippen LogP) is 3.43. The maximum Gasteiger partial charge on any atom is 0.191 e.